The number of nitrogens with zero attached hydrogens (tertiary/aromatic N) is 3. The number of anilines is 1. The highest BCUT2D eigenvalue weighted by atomic mass is 32.2. The monoisotopic (exact) mass is 479 g/mol. The van der Waals surface area contributed by atoms with Gasteiger partial charge in [-0.25, -0.2) is 4.79 Å². The van der Waals surface area contributed by atoms with Crippen LogP contribution in [0.1, 0.15) is 16.1 Å². The summed E-state index contributed by atoms with van der Waals surface area (Å²) in [7, 11) is 1.56. The van der Waals surface area contributed by atoms with Crippen molar-refractivity contribution in [1.29, 1.82) is 0 Å². The van der Waals surface area contributed by atoms with E-state index in [0.717, 1.165) is 11.5 Å². The van der Waals surface area contributed by atoms with Crippen molar-refractivity contribution in [2.45, 2.75) is 13.0 Å². The van der Waals surface area contributed by atoms with Crippen molar-refractivity contribution in [2.24, 2.45) is 0 Å². The number of hydrogen-bond donors (Lipinski definition) is 2. The largest absolute Gasteiger partial charge is 0.497 e. The number of carbonyl (C=O) groups is 3. The highest BCUT2D eigenvalue weighted by Crippen LogP contribution is 2.23. The number of methoxy groups -OCH3 is 1. The van der Waals surface area contributed by atoms with E-state index in [0.29, 0.717) is 30.2 Å². The van der Waals surface area contributed by atoms with Crippen LogP contribution in [0.2, 0.25) is 0 Å². The molecule has 1 aromatic heterocycles. The summed E-state index contributed by atoms with van der Waals surface area (Å²) in [6.45, 7) is 1.44. The molecule has 0 aliphatic carbocycles. The maximum Gasteiger partial charge on any atom is 0.324 e. The summed E-state index contributed by atoms with van der Waals surface area (Å²) in [5.41, 5.74) is 4.75. The van der Waals surface area contributed by atoms with Gasteiger partial charge < -0.3 is 9.64 Å². The molecule has 2 N–H and O–H groups in total. The van der Waals surface area contributed by atoms with E-state index in [4.69, 9.17) is 4.74 Å². The predicted octanol–water partition coefficient (Wildman–Crippen LogP) is 2.29. The molecule has 3 rings (SSSR count). The average Bonchev–Trinajstić information content (AvgIpc) is 2.86. The van der Waals surface area contributed by atoms with E-state index >= 15 is 0 Å². The predicted molar refractivity (Wildman–Crippen MR) is 119 cm³/mol. The van der Waals surface area contributed by atoms with E-state index in [1.54, 1.807) is 64.4 Å². The number of halogens is 2. The third kappa shape index (κ3) is 6.54. The van der Waals surface area contributed by atoms with Crippen LogP contribution in [0, 0.1) is 0 Å². The zero-order chi connectivity index (χ0) is 23.8. The van der Waals surface area contributed by atoms with Crippen molar-refractivity contribution in [3.05, 3.63) is 53.9 Å². The van der Waals surface area contributed by atoms with Gasteiger partial charge in [-0.15, -0.1) is 0 Å². The fourth-order valence-corrected chi connectivity index (χ4v) is 3.92. The second kappa shape index (κ2) is 11.5. The van der Waals surface area contributed by atoms with Gasteiger partial charge in [0.2, 0.25) is 0 Å². The average molecular weight is 480 g/mol. The number of urea groups is 1. The van der Waals surface area contributed by atoms with Crippen LogP contribution in [0.5, 0.6) is 5.75 Å². The van der Waals surface area contributed by atoms with Gasteiger partial charge in [0.15, 0.2) is 0 Å². The Morgan fingerprint density at radius 2 is 1.82 bits per heavy atom. The van der Waals surface area contributed by atoms with E-state index in [9.17, 15) is 23.2 Å². The van der Waals surface area contributed by atoms with Gasteiger partial charge in [-0.2, -0.15) is 20.5 Å². The van der Waals surface area contributed by atoms with Gasteiger partial charge in [0.25, 0.3) is 5.91 Å². The quantitative estimate of drug-likeness (QED) is 0.617. The molecule has 33 heavy (non-hydrogen) atoms. The molecule has 12 heteroatoms. The SMILES string of the molecule is COc1ccc(N(Cc2ccc(C(=O)NNC(=O)C(F)F)cn2)C(=O)N2CCSCC2)cc1. The number of pyridine rings is 1. The lowest BCUT2D eigenvalue weighted by atomic mass is 10.2. The van der Waals surface area contributed by atoms with E-state index in [-0.39, 0.29) is 18.1 Å². The van der Waals surface area contributed by atoms with Crippen LogP contribution in [-0.2, 0) is 11.3 Å². The third-order valence-corrected chi connectivity index (χ3v) is 5.74. The Labute approximate surface area is 193 Å². The summed E-state index contributed by atoms with van der Waals surface area (Å²) >= 11 is 1.80. The first-order valence-electron chi connectivity index (χ1n) is 10.0. The molecule has 176 valence electrons. The first-order chi connectivity index (χ1) is 15.9. The number of alkyl halides is 2. The minimum Gasteiger partial charge on any atom is -0.497 e. The highest BCUT2D eigenvalue weighted by molar-refractivity contribution is 7.99. The molecule has 0 radical (unpaired) electrons. The second-order valence-electron chi connectivity index (χ2n) is 6.95. The smallest absolute Gasteiger partial charge is 0.324 e. The summed E-state index contributed by atoms with van der Waals surface area (Å²) in [5.74, 6) is -0.0128. The molecule has 2 aromatic rings. The molecular weight excluding hydrogens is 456 g/mol. The first-order valence-corrected chi connectivity index (χ1v) is 11.2. The van der Waals surface area contributed by atoms with Gasteiger partial charge in [0.05, 0.1) is 24.9 Å². The molecular formula is C21H23F2N5O4S. The van der Waals surface area contributed by atoms with Gasteiger partial charge in [-0.05, 0) is 36.4 Å². The van der Waals surface area contributed by atoms with Crippen molar-refractivity contribution < 1.29 is 27.9 Å². The van der Waals surface area contributed by atoms with Gasteiger partial charge in [0, 0.05) is 36.5 Å². The first kappa shape index (κ1) is 24.2. The Balaban J connectivity index is 1.74. The Morgan fingerprint density at radius 3 is 2.39 bits per heavy atom. The fourth-order valence-electron chi connectivity index (χ4n) is 3.02. The van der Waals surface area contributed by atoms with Gasteiger partial charge in [-0.1, -0.05) is 0 Å². The topological polar surface area (TPSA) is 104 Å². The lowest BCUT2D eigenvalue weighted by molar-refractivity contribution is -0.132. The number of hydrogen-bond acceptors (Lipinski definition) is 6. The molecule has 1 aromatic carbocycles. The molecule has 0 spiro atoms. The molecule has 1 saturated heterocycles. The molecule has 2 heterocycles. The van der Waals surface area contributed by atoms with Crippen molar-refractivity contribution in [3.8, 4) is 5.75 Å². The third-order valence-electron chi connectivity index (χ3n) is 4.80. The number of carbonyl (C=O) groups excluding carboxylic acids is 3. The summed E-state index contributed by atoms with van der Waals surface area (Å²) in [6, 6.07) is 9.91. The highest BCUT2D eigenvalue weighted by Gasteiger charge is 2.25. The molecule has 0 atom stereocenters. The van der Waals surface area contributed by atoms with Crippen molar-refractivity contribution in [2.75, 3.05) is 36.6 Å². The van der Waals surface area contributed by atoms with Gasteiger partial charge in [-0.3, -0.25) is 30.3 Å². The van der Waals surface area contributed by atoms with Crippen LogP contribution in [0.3, 0.4) is 0 Å². The molecule has 1 aliphatic heterocycles. The van der Waals surface area contributed by atoms with Crippen molar-refractivity contribution in [3.63, 3.8) is 0 Å². The van der Waals surface area contributed by atoms with Gasteiger partial charge in [0.1, 0.15) is 5.75 Å². The van der Waals surface area contributed by atoms with E-state index < -0.39 is 18.2 Å². The maximum absolute atomic E-state index is 13.3. The van der Waals surface area contributed by atoms with E-state index in [2.05, 4.69) is 4.98 Å². The zero-order valence-electron chi connectivity index (χ0n) is 17.8. The Hall–Kier alpha value is -3.41. The number of ether oxygens (including phenoxy) is 1. The van der Waals surface area contributed by atoms with Crippen LogP contribution in [0.4, 0.5) is 19.3 Å². The van der Waals surface area contributed by atoms with Crippen LogP contribution in [0.15, 0.2) is 42.6 Å². The van der Waals surface area contributed by atoms with Crippen molar-refractivity contribution >= 4 is 35.3 Å². The summed E-state index contributed by atoms with van der Waals surface area (Å²) in [6.07, 6.45) is -2.00. The minimum atomic E-state index is -3.24. The number of thioether (sulfide) groups is 1. The molecule has 4 amide bonds. The molecule has 0 saturated carbocycles. The lowest BCUT2D eigenvalue weighted by Gasteiger charge is -2.32. The Morgan fingerprint density at radius 1 is 1.12 bits per heavy atom. The van der Waals surface area contributed by atoms with Crippen LogP contribution < -0.4 is 20.5 Å². The zero-order valence-corrected chi connectivity index (χ0v) is 18.6. The van der Waals surface area contributed by atoms with Crippen LogP contribution in [-0.4, -0.2) is 65.9 Å². The molecule has 9 nitrogen and oxygen atoms in total. The number of benzene rings is 1. The minimum absolute atomic E-state index is 0.0590. The number of nitrogens with one attached hydrogen (secondary N) is 2. The Kier molecular flexibility index (Phi) is 8.41. The lowest BCUT2D eigenvalue weighted by Crippen LogP contribution is -2.46. The molecule has 1 aliphatic rings. The normalized spacial score (nSPS) is 13.4. The van der Waals surface area contributed by atoms with Crippen molar-refractivity contribution in [1.82, 2.24) is 20.7 Å². The number of rotatable bonds is 6. The summed E-state index contributed by atoms with van der Waals surface area (Å²) in [5, 5.41) is 0. The number of amides is 4. The van der Waals surface area contributed by atoms with Gasteiger partial charge >= 0.3 is 18.4 Å². The summed E-state index contributed by atoms with van der Waals surface area (Å²) in [4.78, 5) is 43.8. The number of aromatic nitrogens is 1. The van der Waals surface area contributed by atoms with Crippen LogP contribution >= 0.6 is 11.8 Å². The van der Waals surface area contributed by atoms with Crippen LogP contribution in [0.25, 0.3) is 0 Å². The maximum atomic E-state index is 13.3. The summed E-state index contributed by atoms with van der Waals surface area (Å²) < 4.78 is 29.6. The number of hydrazine groups is 1. The molecule has 0 unspecified atom stereocenters. The molecule has 1 fully saturated rings. The molecule has 0 bridgehead atoms. The standard InChI is InChI=1S/C21H23F2N5O4S/c1-32-17-6-4-16(5-7-17)28(21(31)27-8-10-33-11-9-27)13-15-3-2-14(12-24-15)19(29)25-26-20(30)18(22)23/h2-7,12,18H,8-11,13H2,1H3,(H,25,29)(H,26,30). The van der Waals surface area contributed by atoms with E-state index in [1.807, 2.05) is 5.43 Å². The fraction of sp³-hybridized carbons (Fsp3) is 0.333. The Bertz CT molecular complexity index is 970. The second-order valence-corrected chi connectivity index (χ2v) is 8.17. The van der Waals surface area contributed by atoms with E-state index in [1.165, 1.54) is 12.3 Å².